The fourth-order valence-electron chi connectivity index (χ4n) is 3.79. The van der Waals surface area contributed by atoms with Gasteiger partial charge in [0.05, 0.1) is 12.0 Å². The zero-order valence-electron chi connectivity index (χ0n) is 16.6. The highest BCUT2D eigenvalue weighted by Crippen LogP contribution is 2.24. The Balaban J connectivity index is 1.46. The molecule has 0 amide bonds. The molecule has 0 unspecified atom stereocenters. The Morgan fingerprint density at radius 3 is 2.45 bits per heavy atom. The van der Waals surface area contributed by atoms with Gasteiger partial charge in [-0.3, -0.25) is 4.90 Å². The van der Waals surface area contributed by atoms with Gasteiger partial charge in [-0.25, -0.2) is 13.1 Å². The molecule has 1 heterocycles. The van der Waals surface area contributed by atoms with E-state index in [4.69, 9.17) is 4.74 Å². The standard InChI is InChI=1S/C23H26N2O3S/c1-28-22-9-7-21-15-23(10-8-20(21)14-22)29(26,27)24-16-18-5-4-6-19(13-18)17-25-11-2-3-12-25/h4-10,13-15,24H,2-3,11-12,16-17H2,1H3. The van der Waals surface area contributed by atoms with Crippen LogP contribution in [0.25, 0.3) is 10.8 Å². The maximum absolute atomic E-state index is 12.8. The van der Waals surface area contributed by atoms with Crippen LogP contribution in [0, 0.1) is 0 Å². The lowest BCUT2D eigenvalue weighted by Gasteiger charge is -2.15. The van der Waals surface area contributed by atoms with Gasteiger partial charge in [-0.15, -0.1) is 0 Å². The first-order valence-electron chi connectivity index (χ1n) is 9.91. The minimum atomic E-state index is -3.59. The molecule has 0 atom stereocenters. The second-order valence-electron chi connectivity index (χ2n) is 7.50. The van der Waals surface area contributed by atoms with Crippen LogP contribution >= 0.6 is 0 Å². The number of fused-ring (bicyclic) bond motifs is 1. The molecule has 5 nitrogen and oxygen atoms in total. The van der Waals surface area contributed by atoms with E-state index < -0.39 is 10.0 Å². The van der Waals surface area contributed by atoms with Gasteiger partial charge in [0.1, 0.15) is 5.75 Å². The van der Waals surface area contributed by atoms with Crippen molar-refractivity contribution in [2.24, 2.45) is 0 Å². The number of nitrogens with zero attached hydrogens (tertiary/aromatic N) is 1. The summed E-state index contributed by atoms with van der Waals surface area (Å²) < 4.78 is 33.5. The van der Waals surface area contributed by atoms with E-state index in [0.29, 0.717) is 0 Å². The van der Waals surface area contributed by atoms with Crippen LogP contribution in [-0.4, -0.2) is 33.5 Å². The zero-order chi connectivity index (χ0) is 20.3. The van der Waals surface area contributed by atoms with Crippen LogP contribution in [0.2, 0.25) is 0 Å². The first kappa shape index (κ1) is 19.9. The highest BCUT2D eigenvalue weighted by molar-refractivity contribution is 7.89. The Labute approximate surface area is 172 Å². The van der Waals surface area contributed by atoms with Crippen molar-refractivity contribution >= 4 is 20.8 Å². The molecule has 1 aliphatic rings. The van der Waals surface area contributed by atoms with Crippen molar-refractivity contribution in [3.8, 4) is 5.75 Å². The largest absolute Gasteiger partial charge is 0.497 e. The molecule has 1 aliphatic heterocycles. The summed E-state index contributed by atoms with van der Waals surface area (Å²) in [6.45, 7) is 3.49. The molecule has 152 valence electrons. The number of sulfonamides is 1. The average Bonchev–Trinajstić information content (AvgIpc) is 3.25. The molecule has 1 saturated heterocycles. The lowest BCUT2D eigenvalue weighted by molar-refractivity contribution is 0.331. The van der Waals surface area contributed by atoms with Crippen LogP contribution < -0.4 is 9.46 Å². The summed E-state index contributed by atoms with van der Waals surface area (Å²) in [4.78, 5) is 2.70. The third-order valence-electron chi connectivity index (χ3n) is 5.39. The summed E-state index contributed by atoms with van der Waals surface area (Å²) in [5, 5.41) is 1.80. The summed E-state index contributed by atoms with van der Waals surface area (Å²) >= 11 is 0. The number of benzene rings is 3. The third kappa shape index (κ3) is 4.78. The van der Waals surface area contributed by atoms with Crippen molar-refractivity contribution in [1.82, 2.24) is 9.62 Å². The Morgan fingerprint density at radius 1 is 0.931 bits per heavy atom. The SMILES string of the molecule is COc1ccc2cc(S(=O)(=O)NCc3cccc(CN4CCCC4)c3)ccc2c1. The summed E-state index contributed by atoms with van der Waals surface area (Å²) in [5.41, 5.74) is 2.19. The van der Waals surface area contributed by atoms with Gasteiger partial charge in [0, 0.05) is 13.1 Å². The molecular formula is C23H26N2O3S. The van der Waals surface area contributed by atoms with Gasteiger partial charge < -0.3 is 4.74 Å². The zero-order valence-corrected chi connectivity index (χ0v) is 17.4. The van der Waals surface area contributed by atoms with Crippen LogP contribution in [0.3, 0.4) is 0 Å². The van der Waals surface area contributed by atoms with Gasteiger partial charge in [0.15, 0.2) is 0 Å². The van der Waals surface area contributed by atoms with Crippen molar-refractivity contribution in [3.63, 3.8) is 0 Å². The topological polar surface area (TPSA) is 58.6 Å². The van der Waals surface area contributed by atoms with Crippen molar-refractivity contribution in [3.05, 3.63) is 71.8 Å². The van der Waals surface area contributed by atoms with Crippen molar-refractivity contribution < 1.29 is 13.2 Å². The number of hydrogen-bond acceptors (Lipinski definition) is 4. The van der Waals surface area contributed by atoms with Crippen LogP contribution in [0.4, 0.5) is 0 Å². The smallest absolute Gasteiger partial charge is 0.240 e. The first-order chi connectivity index (χ1) is 14.0. The maximum Gasteiger partial charge on any atom is 0.240 e. The number of ether oxygens (including phenoxy) is 1. The second-order valence-corrected chi connectivity index (χ2v) is 9.27. The molecule has 3 aromatic rings. The molecule has 4 rings (SSSR count). The Hall–Kier alpha value is -2.41. The van der Waals surface area contributed by atoms with E-state index in [-0.39, 0.29) is 11.4 Å². The summed E-state index contributed by atoms with van der Waals surface area (Å²) in [7, 11) is -1.98. The predicted octanol–water partition coefficient (Wildman–Crippen LogP) is 3.92. The van der Waals surface area contributed by atoms with Crippen LogP contribution in [0.1, 0.15) is 24.0 Å². The van der Waals surface area contributed by atoms with E-state index in [2.05, 4.69) is 21.8 Å². The average molecular weight is 411 g/mol. The number of methoxy groups -OCH3 is 1. The minimum Gasteiger partial charge on any atom is -0.497 e. The quantitative estimate of drug-likeness (QED) is 0.641. The molecule has 1 fully saturated rings. The normalized spacial score (nSPS) is 15.1. The minimum absolute atomic E-state index is 0.267. The lowest BCUT2D eigenvalue weighted by Crippen LogP contribution is -2.23. The summed E-state index contributed by atoms with van der Waals surface area (Å²) in [5.74, 6) is 0.750. The summed E-state index contributed by atoms with van der Waals surface area (Å²) in [6, 6.07) is 18.9. The van der Waals surface area contributed by atoms with Crippen LogP contribution in [0.15, 0.2) is 65.6 Å². The van der Waals surface area contributed by atoms with E-state index in [0.717, 1.165) is 41.7 Å². The Morgan fingerprint density at radius 2 is 1.66 bits per heavy atom. The Bertz CT molecular complexity index is 1110. The highest BCUT2D eigenvalue weighted by atomic mass is 32.2. The van der Waals surface area contributed by atoms with Crippen molar-refractivity contribution in [2.75, 3.05) is 20.2 Å². The fraction of sp³-hybridized carbons (Fsp3) is 0.304. The molecule has 0 spiro atoms. The van der Waals surface area contributed by atoms with Gasteiger partial charge in [0.25, 0.3) is 0 Å². The van der Waals surface area contributed by atoms with Gasteiger partial charge in [-0.05, 0) is 72.1 Å². The maximum atomic E-state index is 12.8. The number of likely N-dealkylation sites (tertiary alicyclic amines) is 1. The third-order valence-corrected chi connectivity index (χ3v) is 6.79. The molecule has 6 heteroatoms. The molecule has 0 aliphatic carbocycles. The number of nitrogens with one attached hydrogen (secondary N) is 1. The summed E-state index contributed by atoms with van der Waals surface area (Å²) in [6.07, 6.45) is 2.52. The molecule has 1 N–H and O–H groups in total. The molecule has 0 saturated carbocycles. The fourth-order valence-corrected chi connectivity index (χ4v) is 4.85. The Kier molecular flexibility index (Phi) is 5.85. The number of rotatable bonds is 7. The lowest BCUT2D eigenvalue weighted by atomic mass is 10.1. The second kappa shape index (κ2) is 8.53. The van der Waals surface area contributed by atoms with Crippen molar-refractivity contribution in [1.29, 1.82) is 0 Å². The van der Waals surface area contributed by atoms with Gasteiger partial charge >= 0.3 is 0 Å². The predicted molar refractivity (Wildman–Crippen MR) is 115 cm³/mol. The van der Waals surface area contributed by atoms with Crippen LogP contribution in [0.5, 0.6) is 5.75 Å². The molecule has 29 heavy (non-hydrogen) atoms. The monoisotopic (exact) mass is 410 g/mol. The number of hydrogen-bond donors (Lipinski definition) is 1. The highest BCUT2D eigenvalue weighted by Gasteiger charge is 2.15. The van der Waals surface area contributed by atoms with E-state index >= 15 is 0 Å². The van der Waals surface area contributed by atoms with E-state index in [1.54, 1.807) is 19.2 Å². The van der Waals surface area contributed by atoms with E-state index in [1.165, 1.54) is 18.4 Å². The first-order valence-corrected chi connectivity index (χ1v) is 11.4. The molecule has 0 bridgehead atoms. The molecule has 3 aromatic carbocycles. The van der Waals surface area contributed by atoms with Crippen LogP contribution in [-0.2, 0) is 23.1 Å². The van der Waals surface area contributed by atoms with E-state index in [1.807, 2.05) is 36.4 Å². The molecule has 0 radical (unpaired) electrons. The van der Waals surface area contributed by atoms with Gasteiger partial charge in [-0.2, -0.15) is 0 Å². The molecule has 0 aromatic heterocycles. The van der Waals surface area contributed by atoms with Crippen molar-refractivity contribution in [2.45, 2.75) is 30.8 Å². The van der Waals surface area contributed by atoms with E-state index in [9.17, 15) is 8.42 Å². The molecular weight excluding hydrogens is 384 g/mol. The van der Waals surface area contributed by atoms with Gasteiger partial charge in [-0.1, -0.05) is 36.4 Å². The van der Waals surface area contributed by atoms with Gasteiger partial charge in [0.2, 0.25) is 10.0 Å².